The van der Waals surface area contributed by atoms with Gasteiger partial charge in [0.05, 0.1) is 13.2 Å². The molecule has 14 heavy (non-hydrogen) atoms. The van der Waals surface area contributed by atoms with Crippen molar-refractivity contribution in [2.24, 2.45) is 4.99 Å². The third-order valence-corrected chi connectivity index (χ3v) is 1.40. The summed E-state index contributed by atoms with van der Waals surface area (Å²) in [5.41, 5.74) is 0.672. The molecule has 4 heteroatoms. The third-order valence-electron chi connectivity index (χ3n) is 1.40. The first-order valence-corrected chi connectivity index (χ1v) is 3.73. The van der Waals surface area contributed by atoms with Gasteiger partial charge in [0.25, 0.3) is 0 Å². The van der Waals surface area contributed by atoms with Crippen molar-refractivity contribution >= 4 is 6.21 Å². The Morgan fingerprint density at radius 2 is 1.93 bits per heavy atom. The fraction of sp³-hybridized carbons (Fsp3) is 0.200. The molecule has 3 nitrogen and oxygen atoms in total. The first kappa shape index (κ1) is 15.7. The van der Waals surface area contributed by atoms with Gasteiger partial charge in [-0.2, -0.15) is 0 Å². The second kappa shape index (κ2) is 8.85. The van der Waals surface area contributed by atoms with Gasteiger partial charge in [-0.1, -0.05) is 12.1 Å². The van der Waals surface area contributed by atoms with Crippen molar-refractivity contribution in [1.82, 2.24) is 0 Å². The Morgan fingerprint density at radius 1 is 1.29 bits per heavy atom. The summed E-state index contributed by atoms with van der Waals surface area (Å²) < 4.78 is 0. The Morgan fingerprint density at radius 3 is 2.50 bits per heavy atom. The molecule has 0 aliphatic heterocycles. The molecule has 0 saturated carbocycles. The molecule has 2 N–H and O–H groups in total. The van der Waals surface area contributed by atoms with Crippen LogP contribution in [0.4, 0.5) is 0 Å². The Labute approximate surface area is 97.3 Å². The van der Waals surface area contributed by atoms with E-state index in [2.05, 4.69) is 4.99 Å². The van der Waals surface area contributed by atoms with Gasteiger partial charge >= 0.3 is 0 Å². The molecule has 0 radical (unpaired) electrons. The van der Waals surface area contributed by atoms with Gasteiger partial charge in [-0.15, -0.1) is 0 Å². The molecule has 0 saturated heterocycles. The molecular formula is C10H14NO2Zn-. The number of aromatic hydroxyl groups is 1. The van der Waals surface area contributed by atoms with Crippen LogP contribution in [0.1, 0.15) is 5.56 Å². The molecule has 0 amide bonds. The average molecular weight is 246 g/mol. The topological polar surface area (TPSA) is 52.8 Å². The minimum atomic E-state index is 0. The summed E-state index contributed by atoms with van der Waals surface area (Å²) in [4.78, 5) is 3.89. The van der Waals surface area contributed by atoms with Crippen molar-refractivity contribution in [1.29, 1.82) is 0 Å². The molecule has 74 valence electrons. The Hall–Kier alpha value is -0.727. The molecule has 1 aromatic carbocycles. The SMILES string of the molecule is OCCN=Cc1ccccc1O.[CH3-].[Zn]. The van der Waals surface area contributed by atoms with Gasteiger partial charge < -0.3 is 17.6 Å². The van der Waals surface area contributed by atoms with Crippen LogP contribution in [0.3, 0.4) is 0 Å². The van der Waals surface area contributed by atoms with E-state index < -0.39 is 0 Å². The van der Waals surface area contributed by atoms with Crippen LogP contribution in [0, 0.1) is 7.43 Å². The van der Waals surface area contributed by atoms with Gasteiger partial charge in [-0.25, -0.2) is 0 Å². The normalized spacial score (nSPS) is 9.21. The molecule has 0 fully saturated rings. The summed E-state index contributed by atoms with van der Waals surface area (Å²) in [6, 6.07) is 6.93. The zero-order chi connectivity index (χ0) is 8.81. The van der Waals surface area contributed by atoms with Crippen molar-refractivity contribution < 1.29 is 29.7 Å². The number of nitrogens with zero attached hydrogens (tertiary/aromatic N) is 1. The van der Waals surface area contributed by atoms with Crippen LogP contribution >= 0.6 is 0 Å². The Kier molecular flexibility index (Phi) is 9.95. The van der Waals surface area contributed by atoms with Gasteiger partial charge in [0.1, 0.15) is 5.75 Å². The van der Waals surface area contributed by atoms with Gasteiger partial charge in [-0.05, 0) is 12.1 Å². The minimum Gasteiger partial charge on any atom is -0.507 e. The number of hydrogen-bond acceptors (Lipinski definition) is 3. The number of rotatable bonds is 3. The van der Waals surface area contributed by atoms with Gasteiger partial charge in [0.15, 0.2) is 0 Å². The van der Waals surface area contributed by atoms with Gasteiger partial charge in [0, 0.05) is 31.3 Å². The quantitative estimate of drug-likeness (QED) is 0.478. The van der Waals surface area contributed by atoms with Gasteiger partial charge in [0.2, 0.25) is 0 Å². The number of phenolic OH excluding ortho intramolecular Hbond substituents is 1. The van der Waals surface area contributed by atoms with E-state index >= 15 is 0 Å². The maximum atomic E-state index is 9.26. The number of benzene rings is 1. The standard InChI is InChI=1S/C9H11NO2.CH3.Zn/c11-6-5-10-7-8-3-1-2-4-9(8)12;;/h1-4,7,11-12H,5-6H2;1H3;/q;-1;. The first-order chi connectivity index (χ1) is 5.84. The molecule has 0 heterocycles. The van der Waals surface area contributed by atoms with E-state index in [1.807, 2.05) is 6.07 Å². The molecule has 0 bridgehead atoms. The van der Waals surface area contributed by atoms with Crippen LogP contribution in [0.5, 0.6) is 5.75 Å². The largest absolute Gasteiger partial charge is 0.507 e. The van der Waals surface area contributed by atoms with E-state index in [0.29, 0.717) is 12.1 Å². The van der Waals surface area contributed by atoms with Crippen LogP contribution in [0.15, 0.2) is 29.3 Å². The molecule has 0 atom stereocenters. The predicted octanol–water partition coefficient (Wildman–Crippen LogP) is 1.25. The maximum Gasteiger partial charge on any atom is 0.124 e. The van der Waals surface area contributed by atoms with Crippen LogP contribution in [0.2, 0.25) is 0 Å². The monoisotopic (exact) mass is 244 g/mol. The molecule has 0 unspecified atom stereocenters. The summed E-state index contributed by atoms with van der Waals surface area (Å²) in [5, 5.41) is 17.7. The number of aliphatic hydroxyl groups excluding tert-OH is 1. The van der Waals surface area contributed by atoms with Crippen LogP contribution in [-0.2, 0) is 19.5 Å². The number of aliphatic hydroxyl groups is 1. The molecule has 0 aliphatic rings. The molecule has 0 spiro atoms. The molecule has 1 aromatic rings. The number of para-hydroxylation sites is 1. The minimum absolute atomic E-state index is 0. The fourth-order valence-corrected chi connectivity index (χ4v) is 0.817. The van der Waals surface area contributed by atoms with Gasteiger partial charge in [-0.3, -0.25) is 4.99 Å². The first-order valence-electron chi connectivity index (χ1n) is 3.73. The number of aliphatic imine (C=N–C) groups is 1. The van der Waals surface area contributed by atoms with E-state index in [1.165, 1.54) is 0 Å². The van der Waals surface area contributed by atoms with E-state index in [-0.39, 0.29) is 39.3 Å². The van der Waals surface area contributed by atoms with E-state index in [0.717, 1.165) is 0 Å². The molecular weight excluding hydrogens is 232 g/mol. The Balaban J connectivity index is 0. The molecule has 0 aromatic heterocycles. The summed E-state index contributed by atoms with van der Waals surface area (Å²) in [5.74, 6) is 0.208. The maximum absolute atomic E-state index is 9.26. The second-order valence-electron chi connectivity index (χ2n) is 2.32. The van der Waals surface area contributed by atoms with Crippen molar-refractivity contribution in [3.8, 4) is 5.75 Å². The average Bonchev–Trinajstić information content (AvgIpc) is 2.09. The van der Waals surface area contributed by atoms with E-state index in [9.17, 15) is 5.11 Å². The van der Waals surface area contributed by atoms with Crippen LogP contribution < -0.4 is 0 Å². The molecule has 1 rings (SSSR count). The van der Waals surface area contributed by atoms with E-state index in [4.69, 9.17) is 5.11 Å². The smallest absolute Gasteiger partial charge is 0.124 e. The van der Waals surface area contributed by atoms with E-state index in [1.54, 1.807) is 24.4 Å². The van der Waals surface area contributed by atoms with Crippen molar-refractivity contribution in [2.45, 2.75) is 0 Å². The summed E-state index contributed by atoms with van der Waals surface area (Å²) in [7, 11) is 0. The summed E-state index contributed by atoms with van der Waals surface area (Å²) in [6.07, 6.45) is 1.55. The number of hydrogen-bond donors (Lipinski definition) is 2. The summed E-state index contributed by atoms with van der Waals surface area (Å²) >= 11 is 0. The Bertz CT molecular complexity index is 277. The van der Waals surface area contributed by atoms with Crippen LogP contribution in [0.25, 0.3) is 0 Å². The zero-order valence-electron chi connectivity index (χ0n) is 8.35. The predicted molar refractivity (Wildman–Crippen MR) is 54.1 cm³/mol. The van der Waals surface area contributed by atoms with Crippen molar-refractivity contribution in [3.63, 3.8) is 0 Å². The van der Waals surface area contributed by atoms with Crippen LogP contribution in [-0.4, -0.2) is 29.6 Å². The molecule has 0 aliphatic carbocycles. The second-order valence-corrected chi connectivity index (χ2v) is 2.32. The van der Waals surface area contributed by atoms with Crippen molar-refractivity contribution in [2.75, 3.05) is 13.2 Å². The third kappa shape index (κ3) is 5.10. The number of phenols is 1. The zero-order valence-corrected chi connectivity index (χ0v) is 11.3. The summed E-state index contributed by atoms with van der Waals surface area (Å²) in [6.45, 7) is 0.401. The fourth-order valence-electron chi connectivity index (χ4n) is 0.817. The van der Waals surface area contributed by atoms with Crippen molar-refractivity contribution in [3.05, 3.63) is 37.3 Å².